The Kier molecular flexibility index (Phi) is 4.97. The van der Waals surface area contributed by atoms with E-state index in [2.05, 4.69) is 19.2 Å². The maximum atomic E-state index is 14.2. The third-order valence-electron chi connectivity index (χ3n) is 3.71. The summed E-state index contributed by atoms with van der Waals surface area (Å²) < 4.78 is 19.4. The van der Waals surface area contributed by atoms with Gasteiger partial charge in [-0.2, -0.15) is 0 Å². The lowest BCUT2D eigenvalue weighted by Crippen LogP contribution is -2.17. The van der Waals surface area contributed by atoms with Gasteiger partial charge in [-0.05, 0) is 61.3 Å². The summed E-state index contributed by atoms with van der Waals surface area (Å²) in [5, 5.41) is 3.35. The Morgan fingerprint density at radius 2 is 1.95 bits per heavy atom. The molecule has 0 saturated heterocycles. The molecule has 2 rings (SSSR count). The van der Waals surface area contributed by atoms with E-state index < -0.39 is 0 Å². The van der Waals surface area contributed by atoms with Gasteiger partial charge in [0, 0.05) is 11.6 Å². The molecular weight excluding hydrogens is 265 g/mol. The summed E-state index contributed by atoms with van der Waals surface area (Å²) >= 11 is 0. The van der Waals surface area contributed by atoms with E-state index in [1.54, 1.807) is 7.11 Å². The number of ether oxygens (including phenoxy) is 1. The van der Waals surface area contributed by atoms with Crippen molar-refractivity contribution in [3.63, 3.8) is 0 Å². The predicted molar refractivity (Wildman–Crippen MR) is 85.2 cm³/mol. The number of benzene rings is 2. The highest BCUT2D eigenvalue weighted by atomic mass is 19.1. The van der Waals surface area contributed by atoms with Crippen molar-refractivity contribution >= 4 is 0 Å². The lowest BCUT2D eigenvalue weighted by atomic mass is 9.98. The van der Waals surface area contributed by atoms with E-state index in [1.807, 2.05) is 37.3 Å². The minimum absolute atomic E-state index is 0.202. The van der Waals surface area contributed by atoms with E-state index in [0.717, 1.165) is 29.0 Å². The molecule has 0 radical (unpaired) electrons. The first-order valence-electron chi connectivity index (χ1n) is 7.24. The Morgan fingerprint density at radius 3 is 2.57 bits per heavy atom. The van der Waals surface area contributed by atoms with Crippen molar-refractivity contribution in [3.8, 4) is 16.9 Å². The fraction of sp³-hybridized carbons (Fsp3) is 0.333. The summed E-state index contributed by atoms with van der Waals surface area (Å²) in [6.07, 6.45) is 0. The van der Waals surface area contributed by atoms with E-state index >= 15 is 0 Å². The molecule has 0 spiro atoms. The monoisotopic (exact) mass is 287 g/mol. The van der Waals surface area contributed by atoms with Gasteiger partial charge >= 0.3 is 0 Å². The molecular formula is C18H22FNO. The molecule has 112 valence electrons. The highest BCUT2D eigenvalue weighted by molar-refractivity contribution is 5.67. The Balaban J connectivity index is 2.43. The minimum Gasteiger partial charge on any atom is -0.496 e. The van der Waals surface area contributed by atoms with Gasteiger partial charge in [0.1, 0.15) is 11.6 Å². The second kappa shape index (κ2) is 6.72. The Morgan fingerprint density at radius 1 is 1.19 bits per heavy atom. The fourth-order valence-corrected chi connectivity index (χ4v) is 2.50. The molecule has 1 atom stereocenters. The largest absolute Gasteiger partial charge is 0.496 e. The van der Waals surface area contributed by atoms with Crippen LogP contribution in [0.15, 0.2) is 36.4 Å². The van der Waals surface area contributed by atoms with Gasteiger partial charge in [-0.1, -0.05) is 19.1 Å². The van der Waals surface area contributed by atoms with Gasteiger partial charge in [0.05, 0.1) is 7.11 Å². The average Bonchev–Trinajstić information content (AvgIpc) is 2.48. The molecule has 21 heavy (non-hydrogen) atoms. The first-order chi connectivity index (χ1) is 10.1. The van der Waals surface area contributed by atoms with Gasteiger partial charge in [-0.15, -0.1) is 0 Å². The number of methoxy groups -OCH3 is 1. The highest BCUT2D eigenvalue weighted by Crippen LogP contribution is 2.30. The van der Waals surface area contributed by atoms with Crippen LogP contribution in [-0.4, -0.2) is 13.7 Å². The predicted octanol–water partition coefficient (Wildman–Crippen LogP) is 4.48. The van der Waals surface area contributed by atoms with Crippen LogP contribution in [0, 0.1) is 12.7 Å². The lowest BCUT2D eigenvalue weighted by Gasteiger charge is -2.15. The zero-order valence-corrected chi connectivity index (χ0v) is 13.0. The van der Waals surface area contributed by atoms with Crippen LogP contribution < -0.4 is 10.1 Å². The van der Waals surface area contributed by atoms with E-state index in [-0.39, 0.29) is 11.9 Å². The summed E-state index contributed by atoms with van der Waals surface area (Å²) in [6.45, 7) is 6.99. The van der Waals surface area contributed by atoms with E-state index in [4.69, 9.17) is 4.74 Å². The van der Waals surface area contributed by atoms with Crippen molar-refractivity contribution in [1.29, 1.82) is 0 Å². The van der Waals surface area contributed by atoms with Crippen LogP contribution in [0.3, 0.4) is 0 Å². The number of nitrogens with one attached hydrogen (secondary N) is 1. The molecule has 3 heteroatoms. The van der Waals surface area contributed by atoms with Crippen LogP contribution in [0.25, 0.3) is 11.1 Å². The molecule has 0 heterocycles. The third-order valence-corrected chi connectivity index (χ3v) is 3.71. The molecule has 2 aromatic carbocycles. The van der Waals surface area contributed by atoms with Gasteiger partial charge in [-0.25, -0.2) is 4.39 Å². The molecule has 1 N–H and O–H groups in total. The van der Waals surface area contributed by atoms with Gasteiger partial charge in [0.15, 0.2) is 0 Å². The normalized spacial score (nSPS) is 12.2. The van der Waals surface area contributed by atoms with Crippen molar-refractivity contribution < 1.29 is 9.13 Å². The van der Waals surface area contributed by atoms with Gasteiger partial charge < -0.3 is 10.1 Å². The molecule has 2 nitrogen and oxygen atoms in total. The van der Waals surface area contributed by atoms with Crippen molar-refractivity contribution in [2.24, 2.45) is 0 Å². The first kappa shape index (κ1) is 15.5. The molecule has 2 aromatic rings. The smallest absolute Gasteiger partial charge is 0.131 e. The zero-order chi connectivity index (χ0) is 15.4. The molecule has 0 aliphatic rings. The van der Waals surface area contributed by atoms with Crippen LogP contribution in [0.4, 0.5) is 4.39 Å². The fourth-order valence-electron chi connectivity index (χ4n) is 2.50. The van der Waals surface area contributed by atoms with Crippen LogP contribution >= 0.6 is 0 Å². The van der Waals surface area contributed by atoms with Crippen LogP contribution in [0.1, 0.15) is 31.0 Å². The number of aryl methyl sites for hydroxylation is 1. The number of rotatable bonds is 5. The number of hydrogen-bond donors (Lipinski definition) is 1. The van der Waals surface area contributed by atoms with Gasteiger partial charge in [-0.3, -0.25) is 0 Å². The maximum absolute atomic E-state index is 14.2. The summed E-state index contributed by atoms with van der Waals surface area (Å²) in [5.41, 5.74) is 3.58. The van der Waals surface area contributed by atoms with Crippen molar-refractivity contribution in [1.82, 2.24) is 5.32 Å². The van der Waals surface area contributed by atoms with Crippen molar-refractivity contribution in [3.05, 3.63) is 53.3 Å². The SMILES string of the molecule is CCNC(C)c1ccc(F)c(-c2ccc(OC)c(C)c2)c1. The molecule has 0 amide bonds. The molecule has 0 fully saturated rings. The second-order valence-corrected chi connectivity index (χ2v) is 5.20. The molecule has 0 aliphatic carbocycles. The van der Waals surface area contributed by atoms with Crippen LogP contribution in [0.2, 0.25) is 0 Å². The Bertz CT molecular complexity index is 625. The molecule has 0 aromatic heterocycles. The van der Waals surface area contributed by atoms with Gasteiger partial charge in [0.2, 0.25) is 0 Å². The average molecular weight is 287 g/mol. The number of hydrogen-bond acceptors (Lipinski definition) is 2. The second-order valence-electron chi connectivity index (χ2n) is 5.20. The third kappa shape index (κ3) is 3.42. The zero-order valence-electron chi connectivity index (χ0n) is 13.0. The quantitative estimate of drug-likeness (QED) is 0.875. The van der Waals surface area contributed by atoms with E-state index in [0.29, 0.717) is 5.56 Å². The van der Waals surface area contributed by atoms with E-state index in [1.165, 1.54) is 6.07 Å². The first-order valence-corrected chi connectivity index (χ1v) is 7.24. The Labute approximate surface area is 126 Å². The summed E-state index contributed by atoms with van der Waals surface area (Å²) in [5.74, 6) is 0.614. The van der Waals surface area contributed by atoms with E-state index in [9.17, 15) is 4.39 Å². The lowest BCUT2D eigenvalue weighted by molar-refractivity contribution is 0.412. The van der Waals surface area contributed by atoms with Crippen molar-refractivity contribution in [2.75, 3.05) is 13.7 Å². The van der Waals surface area contributed by atoms with Gasteiger partial charge in [0.25, 0.3) is 0 Å². The van der Waals surface area contributed by atoms with Crippen molar-refractivity contribution in [2.45, 2.75) is 26.8 Å². The highest BCUT2D eigenvalue weighted by Gasteiger charge is 2.11. The topological polar surface area (TPSA) is 21.3 Å². The summed E-state index contributed by atoms with van der Waals surface area (Å²) in [7, 11) is 1.64. The molecule has 0 aliphatic heterocycles. The standard InChI is InChI=1S/C18H22FNO/c1-5-20-13(3)14-6-8-17(19)16(11-14)15-7-9-18(21-4)12(2)10-15/h6-11,13,20H,5H2,1-4H3. The molecule has 0 saturated carbocycles. The molecule has 1 unspecified atom stereocenters. The number of halogens is 1. The summed E-state index contributed by atoms with van der Waals surface area (Å²) in [6, 6.07) is 11.2. The van der Waals surface area contributed by atoms with Crippen LogP contribution in [0.5, 0.6) is 5.75 Å². The maximum Gasteiger partial charge on any atom is 0.131 e. The van der Waals surface area contributed by atoms with Crippen LogP contribution in [-0.2, 0) is 0 Å². The summed E-state index contributed by atoms with van der Waals surface area (Å²) in [4.78, 5) is 0. The minimum atomic E-state index is -0.202. The molecule has 0 bridgehead atoms. The Hall–Kier alpha value is -1.87.